The van der Waals surface area contributed by atoms with Gasteiger partial charge in [0.1, 0.15) is 11.5 Å². The lowest BCUT2D eigenvalue weighted by molar-refractivity contribution is 0.266. The molecule has 2 aromatic rings. The second kappa shape index (κ2) is 8.03. The van der Waals surface area contributed by atoms with Crippen LogP contribution in [-0.2, 0) is 0 Å². The zero-order chi connectivity index (χ0) is 14.2. The predicted octanol–water partition coefficient (Wildman–Crippen LogP) is 5.23. The fourth-order valence-corrected chi connectivity index (χ4v) is 1.90. The summed E-state index contributed by atoms with van der Waals surface area (Å²) < 4.78 is 11.2. The molecule has 2 nitrogen and oxygen atoms in total. The Bertz CT molecular complexity index is 460. The molecule has 0 saturated heterocycles. The first-order chi connectivity index (χ1) is 9.74. The summed E-state index contributed by atoms with van der Waals surface area (Å²) in [5.41, 5.74) is 0. The number of unbranched alkanes of at least 4 members (excludes halogenated alkanes) is 1. The Labute approximate surface area is 129 Å². The molecule has 0 N–H and O–H groups in total. The molecule has 0 aliphatic carbocycles. The van der Waals surface area contributed by atoms with Crippen molar-refractivity contribution in [3.8, 4) is 11.5 Å². The molecule has 0 unspecified atom stereocenters. The fraction of sp³-hybridized carbons (Fsp3) is 0.250. The molecule has 0 fully saturated rings. The van der Waals surface area contributed by atoms with E-state index in [-0.39, 0.29) is 0 Å². The van der Waals surface area contributed by atoms with Crippen LogP contribution in [0.2, 0.25) is 10.0 Å². The van der Waals surface area contributed by atoms with Gasteiger partial charge in [0.25, 0.3) is 0 Å². The van der Waals surface area contributed by atoms with Crippen molar-refractivity contribution in [3.05, 3.63) is 58.6 Å². The van der Waals surface area contributed by atoms with Crippen LogP contribution in [0.1, 0.15) is 12.8 Å². The molecule has 0 saturated carbocycles. The lowest BCUT2D eigenvalue weighted by Crippen LogP contribution is -2.02. The van der Waals surface area contributed by atoms with Gasteiger partial charge in [-0.25, -0.2) is 0 Å². The first-order valence-electron chi connectivity index (χ1n) is 6.51. The molecule has 4 heteroatoms. The summed E-state index contributed by atoms with van der Waals surface area (Å²) in [6.07, 6.45) is 1.88. The number of halogens is 2. The summed E-state index contributed by atoms with van der Waals surface area (Å²) in [4.78, 5) is 0. The van der Waals surface area contributed by atoms with Gasteiger partial charge in [-0.3, -0.25) is 0 Å². The van der Waals surface area contributed by atoms with Gasteiger partial charge in [-0.1, -0.05) is 23.2 Å². The lowest BCUT2D eigenvalue weighted by Gasteiger charge is -2.07. The highest BCUT2D eigenvalue weighted by Gasteiger charge is 1.96. The van der Waals surface area contributed by atoms with Crippen LogP contribution in [0.3, 0.4) is 0 Å². The molecule has 0 heterocycles. The normalized spacial score (nSPS) is 10.3. The van der Waals surface area contributed by atoms with Gasteiger partial charge in [0.2, 0.25) is 0 Å². The third-order valence-electron chi connectivity index (χ3n) is 2.70. The molecule has 0 bridgehead atoms. The van der Waals surface area contributed by atoms with Gasteiger partial charge in [0, 0.05) is 10.0 Å². The smallest absolute Gasteiger partial charge is 0.119 e. The maximum atomic E-state index is 5.80. The molecule has 20 heavy (non-hydrogen) atoms. The van der Waals surface area contributed by atoms with E-state index < -0.39 is 0 Å². The van der Waals surface area contributed by atoms with Crippen molar-refractivity contribution in [1.29, 1.82) is 0 Å². The predicted molar refractivity (Wildman–Crippen MR) is 83.1 cm³/mol. The van der Waals surface area contributed by atoms with Crippen molar-refractivity contribution in [3.63, 3.8) is 0 Å². The molecule has 0 atom stereocenters. The van der Waals surface area contributed by atoms with Crippen molar-refractivity contribution >= 4 is 23.2 Å². The van der Waals surface area contributed by atoms with E-state index in [1.807, 2.05) is 48.5 Å². The Morgan fingerprint density at radius 2 is 0.950 bits per heavy atom. The number of ether oxygens (including phenoxy) is 2. The summed E-state index contributed by atoms with van der Waals surface area (Å²) in [5.74, 6) is 1.68. The Hall–Kier alpha value is -1.38. The largest absolute Gasteiger partial charge is 0.494 e. The molecule has 106 valence electrons. The number of benzene rings is 2. The third-order valence-corrected chi connectivity index (χ3v) is 3.21. The van der Waals surface area contributed by atoms with Gasteiger partial charge in [0.15, 0.2) is 0 Å². The van der Waals surface area contributed by atoms with E-state index in [1.54, 1.807) is 0 Å². The molecular formula is C16H16Cl2O2. The minimum absolute atomic E-state index is 0.672. The van der Waals surface area contributed by atoms with Crippen LogP contribution >= 0.6 is 23.2 Å². The molecule has 2 aromatic carbocycles. The Morgan fingerprint density at radius 1 is 0.600 bits per heavy atom. The number of hydrogen-bond donors (Lipinski definition) is 0. The SMILES string of the molecule is Clc1ccc(OCCCCOc2ccc(Cl)cc2)cc1. The van der Waals surface area contributed by atoms with Crippen LogP contribution in [0.5, 0.6) is 11.5 Å². The molecule has 0 amide bonds. The van der Waals surface area contributed by atoms with E-state index >= 15 is 0 Å². The summed E-state index contributed by atoms with van der Waals surface area (Å²) >= 11 is 11.6. The second-order valence-electron chi connectivity index (χ2n) is 4.31. The first kappa shape index (κ1) is 15.0. The van der Waals surface area contributed by atoms with Crippen LogP contribution in [0, 0.1) is 0 Å². The van der Waals surface area contributed by atoms with E-state index in [0.29, 0.717) is 23.3 Å². The highest BCUT2D eigenvalue weighted by molar-refractivity contribution is 6.30. The maximum Gasteiger partial charge on any atom is 0.119 e. The van der Waals surface area contributed by atoms with E-state index in [0.717, 1.165) is 24.3 Å². The van der Waals surface area contributed by atoms with Crippen LogP contribution < -0.4 is 9.47 Å². The average Bonchev–Trinajstić information content (AvgIpc) is 2.46. The zero-order valence-electron chi connectivity index (χ0n) is 11.0. The van der Waals surface area contributed by atoms with E-state index in [2.05, 4.69) is 0 Å². The molecule has 0 aliphatic rings. The standard InChI is InChI=1S/C16H16Cl2O2/c17-13-3-7-15(8-4-13)19-11-1-2-12-20-16-9-5-14(18)6-10-16/h3-10H,1-2,11-12H2. The topological polar surface area (TPSA) is 18.5 Å². The summed E-state index contributed by atoms with van der Waals surface area (Å²) in [6, 6.07) is 14.8. The Morgan fingerprint density at radius 3 is 1.30 bits per heavy atom. The molecule has 0 radical (unpaired) electrons. The van der Waals surface area contributed by atoms with Gasteiger partial charge in [-0.05, 0) is 61.4 Å². The van der Waals surface area contributed by atoms with Gasteiger partial charge < -0.3 is 9.47 Å². The number of rotatable bonds is 7. The van der Waals surface area contributed by atoms with Crippen LogP contribution in [0.25, 0.3) is 0 Å². The van der Waals surface area contributed by atoms with Gasteiger partial charge >= 0.3 is 0 Å². The first-order valence-corrected chi connectivity index (χ1v) is 7.26. The summed E-state index contributed by atoms with van der Waals surface area (Å²) in [6.45, 7) is 1.34. The maximum absolute atomic E-state index is 5.80. The fourth-order valence-electron chi connectivity index (χ4n) is 1.65. The van der Waals surface area contributed by atoms with Crippen LogP contribution in [0.4, 0.5) is 0 Å². The van der Waals surface area contributed by atoms with Crippen molar-refractivity contribution in [2.24, 2.45) is 0 Å². The van der Waals surface area contributed by atoms with Gasteiger partial charge in [-0.2, -0.15) is 0 Å². The Balaban J connectivity index is 1.57. The second-order valence-corrected chi connectivity index (χ2v) is 5.18. The van der Waals surface area contributed by atoms with Gasteiger partial charge in [0.05, 0.1) is 13.2 Å². The monoisotopic (exact) mass is 310 g/mol. The van der Waals surface area contributed by atoms with Crippen LogP contribution in [0.15, 0.2) is 48.5 Å². The molecule has 0 aromatic heterocycles. The van der Waals surface area contributed by atoms with Crippen molar-refractivity contribution in [2.75, 3.05) is 13.2 Å². The van der Waals surface area contributed by atoms with Crippen molar-refractivity contribution in [1.82, 2.24) is 0 Å². The number of hydrogen-bond acceptors (Lipinski definition) is 2. The average molecular weight is 311 g/mol. The zero-order valence-corrected chi connectivity index (χ0v) is 12.5. The van der Waals surface area contributed by atoms with Crippen LogP contribution in [-0.4, -0.2) is 13.2 Å². The molecule has 0 spiro atoms. The third kappa shape index (κ3) is 5.32. The molecule has 2 rings (SSSR count). The van der Waals surface area contributed by atoms with Crippen molar-refractivity contribution in [2.45, 2.75) is 12.8 Å². The quantitative estimate of drug-likeness (QED) is 0.652. The van der Waals surface area contributed by atoms with E-state index in [1.165, 1.54) is 0 Å². The minimum Gasteiger partial charge on any atom is -0.494 e. The van der Waals surface area contributed by atoms with E-state index in [4.69, 9.17) is 32.7 Å². The Kier molecular flexibility index (Phi) is 6.03. The minimum atomic E-state index is 0.672. The van der Waals surface area contributed by atoms with Crippen molar-refractivity contribution < 1.29 is 9.47 Å². The van der Waals surface area contributed by atoms with Gasteiger partial charge in [-0.15, -0.1) is 0 Å². The molecule has 0 aliphatic heterocycles. The summed E-state index contributed by atoms with van der Waals surface area (Å²) in [7, 11) is 0. The van der Waals surface area contributed by atoms with E-state index in [9.17, 15) is 0 Å². The summed E-state index contributed by atoms with van der Waals surface area (Å²) in [5, 5.41) is 1.43. The highest BCUT2D eigenvalue weighted by Crippen LogP contribution is 2.17. The molecular weight excluding hydrogens is 295 g/mol. The highest BCUT2D eigenvalue weighted by atomic mass is 35.5. The lowest BCUT2D eigenvalue weighted by atomic mass is 10.3.